The summed E-state index contributed by atoms with van der Waals surface area (Å²) < 4.78 is 7.71. The molecule has 2 nitrogen and oxygen atoms in total. The zero-order chi connectivity index (χ0) is 13.2. The van der Waals surface area contributed by atoms with Gasteiger partial charge in [-0.1, -0.05) is 32.3 Å². The standard InChI is InChI=1S/C14H21Br2NO/c1-2-3-4-5-9-17-10-11-18-14-12(15)7-6-8-13(14)16/h6-8,17H,2-5,9-11H2,1H3. The molecule has 4 heteroatoms. The van der Waals surface area contributed by atoms with Gasteiger partial charge in [0.1, 0.15) is 12.4 Å². The molecule has 1 aromatic carbocycles. The van der Waals surface area contributed by atoms with Crippen LogP contribution in [0, 0.1) is 0 Å². The largest absolute Gasteiger partial charge is 0.490 e. The predicted molar refractivity (Wildman–Crippen MR) is 84.3 cm³/mol. The van der Waals surface area contributed by atoms with E-state index in [1.807, 2.05) is 18.2 Å². The lowest BCUT2D eigenvalue weighted by molar-refractivity contribution is 0.310. The highest BCUT2D eigenvalue weighted by Crippen LogP contribution is 2.32. The Morgan fingerprint density at radius 3 is 2.44 bits per heavy atom. The smallest absolute Gasteiger partial charge is 0.147 e. The molecule has 0 fully saturated rings. The van der Waals surface area contributed by atoms with Crippen molar-refractivity contribution in [1.82, 2.24) is 5.32 Å². The van der Waals surface area contributed by atoms with Gasteiger partial charge in [-0.25, -0.2) is 0 Å². The molecule has 0 saturated heterocycles. The van der Waals surface area contributed by atoms with E-state index in [2.05, 4.69) is 44.1 Å². The molecular weight excluding hydrogens is 358 g/mol. The van der Waals surface area contributed by atoms with E-state index in [4.69, 9.17) is 4.74 Å². The van der Waals surface area contributed by atoms with Crippen molar-refractivity contribution in [2.24, 2.45) is 0 Å². The molecule has 0 bridgehead atoms. The number of unbranched alkanes of at least 4 members (excludes halogenated alkanes) is 3. The molecule has 1 aromatic rings. The quantitative estimate of drug-likeness (QED) is 0.625. The van der Waals surface area contributed by atoms with Gasteiger partial charge in [0.05, 0.1) is 8.95 Å². The third-order valence-corrected chi connectivity index (χ3v) is 3.90. The number of nitrogens with one attached hydrogen (secondary N) is 1. The maximum absolute atomic E-state index is 5.74. The number of hydrogen-bond acceptors (Lipinski definition) is 2. The van der Waals surface area contributed by atoms with Crippen molar-refractivity contribution in [3.8, 4) is 5.75 Å². The van der Waals surface area contributed by atoms with Crippen LogP contribution in [0.3, 0.4) is 0 Å². The predicted octanol–water partition coefficient (Wildman–Crippen LogP) is 4.76. The Labute approximate surface area is 127 Å². The third-order valence-electron chi connectivity index (χ3n) is 2.65. The Morgan fingerprint density at radius 2 is 1.78 bits per heavy atom. The minimum Gasteiger partial charge on any atom is -0.490 e. The molecular formula is C14H21Br2NO. The highest BCUT2D eigenvalue weighted by molar-refractivity contribution is 9.11. The maximum atomic E-state index is 5.74. The molecule has 1 rings (SSSR count). The van der Waals surface area contributed by atoms with E-state index < -0.39 is 0 Å². The topological polar surface area (TPSA) is 21.3 Å². The van der Waals surface area contributed by atoms with E-state index in [-0.39, 0.29) is 0 Å². The lowest BCUT2D eigenvalue weighted by Gasteiger charge is -2.10. The number of halogens is 2. The molecule has 0 amide bonds. The van der Waals surface area contributed by atoms with Gasteiger partial charge in [-0.3, -0.25) is 0 Å². The van der Waals surface area contributed by atoms with Gasteiger partial charge < -0.3 is 10.1 Å². The summed E-state index contributed by atoms with van der Waals surface area (Å²) in [5, 5.41) is 3.40. The molecule has 0 radical (unpaired) electrons. The first-order valence-corrected chi connectivity index (χ1v) is 8.11. The van der Waals surface area contributed by atoms with Crippen molar-refractivity contribution in [1.29, 1.82) is 0 Å². The average Bonchev–Trinajstić information content (AvgIpc) is 2.35. The summed E-state index contributed by atoms with van der Waals surface area (Å²) in [6, 6.07) is 5.95. The highest BCUT2D eigenvalue weighted by Gasteiger charge is 2.04. The van der Waals surface area contributed by atoms with E-state index in [1.54, 1.807) is 0 Å². The van der Waals surface area contributed by atoms with Crippen LogP contribution in [-0.4, -0.2) is 19.7 Å². The monoisotopic (exact) mass is 377 g/mol. The van der Waals surface area contributed by atoms with Gasteiger partial charge in [0, 0.05) is 6.54 Å². The van der Waals surface area contributed by atoms with E-state index in [1.165, 1.54) is 25.7 Å². The Kier molecular flexibility index (Phi) is 8.72. The highest BCUT2D eigenvalue weighted by atomic mass is 79.9. The molecule has 18 heavy (non-hydrogen) atoms. The molecule has 0 saturated carbocycles. The van der Waals surface area contributed by atoms with Crippen LogP contribution in [0.5, 0.6) is 5.75 Å². The Morgan fingerprint density at radius 1 is 1.06 bits per heavy atom. The fourth-order valence-electron chi connectivity index (χ4n) is 1.65. The van der Waals surface area contributed by atoms with Gasteiger partial charge in [-0.05, 0) is 57.0 Å². The van der Waals surface area contributed by atoms with Gasteiger partial charge >= 0.3 is 0 Å². The van der Waals surface area contributed by atoms with Crippen molar-refractivity contribution in [2.45, 2.75) is 32.6 Å². The van der Waals surface area contributed by atoms with Crippen molar-refractivity contribution in [3.63, 3.8) is 0 Å². The second-order valence-corrected chi connectivity index (χ2v) is 5.92. The lowest BCUT2D eigenvalue weighted by Crippen LogP contribution is -2.22. The van der Waals surface area contributed by atoms with E-state index in [0.29, 0.717) is 6.61 Å². The van der Waals surface area contributed by atoms with Gasteiger partial charge in [-0.15, -0.1) is 0 Å². The van der Waals surface area contributed by atoms with Crippen molar-refractivity contribution >= 4 is 31.9 Å². The number of hydrogen-bond donors (Lipinski definition) is 1. The summed E-state index contributed by atoms with van der Waals surface area (Å²) >= 11 is 6.97. The second kappa shape index (κ2) is 9.82. The molecule has 0 aliphatic heterocycles. The first kappa shape index (κ1) is 16.0. The minimum atomic E-state index is 0.689. The summed E-state index contributed by atoms with van der Waals surface area (Å²) in [7, 11) is 0. The molecule has 102 valence electrons. The van der Waals surface area contributed by atoms with Gasteiger partial charge in [0.15, 0.2) is 0 Å². The first-order chi connectivity index (χ1) is 8.75. The molecule has 0 unspecified atom stereocenters. The molecule has 0 spiro atoms. The lowest BCUT2D eigenvalue weighted by atomic mass is 10.2. The Balaban J connectivity index is 2.11. The van der Waals surface area contributed by atoms with Crippen LogP contribution >= 0.6 is 31.9 Å². The van der Waals surface area contributed by atoms with Gasteiger partial charge in [-0.2, -0.15) is 0 Å². The van der Waals surface area contributed by atoms with E-state index >= 15 is 0 Å². The van der Waals surface area contributed by atoms with Crippen LogP contribution in [0.15, 0.2) is 27.1 Å². The second-order valence-electron chi connectivity index (χ2n) is 4.21. The van der Waals surface area contributed by atoms with Crippen LogP contribution in [0.1, 0.15) is 32.6 Å². The zero-order valence-electron chi connectivity index (χ0n) is 10.8. The summed E-state index contributed by atoms with van der Waals surface area (Å²) in [4.78, 5) is 0. The molecule has 0 aromatic heterocycles. The number of ether oxygens (including phenoxy) is 1. The van der Waals surface area contributed by atoms with Crippen molar-refractivity contribution in [2.75, 3.05) is 19.7 Å². The normalized spacial score (nSPS) is 10.6. The number of para-hydroxylation sites is 1. The van der Waals surface area contributed by atoms with E-state index in [0.717, 1.165) is 27.8 Å². The van der Waals surface area contributed by atoms with Crippen LogP contribution in [0.25, 0.3) is 0 Å². The van der Waals surface area contributed by atoms with Crippen LogP contribution in [-0.2, 0) is 0 Å². The Hall–Kier alpha value is -0.0600. The molecule has 0 aliphatic rings. The summed E-state index contributed by atoms with van der Waals surface area (Å²) in [6.45, 7) is 4.90. The average molecular weight is 379 g/mol. The third kappa shape index (κ3) is 6.21. The number of rotatable bonds is 9. The van der Waals surface area contributed by atoms with Crippen LogP contribution < -0.4 is 10.1 Å². The molecule has 1 N–H and O–H groups in total. The van der Waals surface area contributed by atoms with Crippen LogP contribution in [0.2, 0.25) is 0 Å². The first-order valence-electron chi connectivity index (χ1n) is 6.53. The van der Waals surface area contributed by atoms with Crippen molar-refractivity contribution < 1.29 is 4.74 Å². The summed E-state index contributed by atoms with van der Waals surface area (Å²) in [5.74, 6) is 0.880. The fraction of sp³-hybridized carbons (Fsp3) is 0.571. The van der Waals surface area contributed by atoms with Crippen molar-refractivity contribution in [3.05, 3.63) is 27.1 Å². The summed E-state index contributed by atoms with van der Waals surface area (Å²) in [5.41, 5.74) is 0. The number of benzene rings is 1. The van der Waals surface area contributed by atoms with Gasteiger partial charge in [0.25, 0.3) is 0 Å². The van der Waals surface area contributed by atoms with Crippen LogP contribution in [0.4, 0.5) is 0 Å². The minimum absolute atomic E-state index is 0.689. The fourth-order valence-corrected chi connectivity index (χ4v) is 2.87. The maximum Gasteiger partial charge on any atom is 0.147 e. The zero-order valence-corrected chi connectivity index (χ0v) is 14.0. The summed E-state index contributed by atoms with van der Waals surface area (Å²) in [6.07, 6.45) is 5.20. The molecule has 0 atom stereocenters. The van der Waals surface area contributed by atoms with Gasteiger partial charge in [0.2, 0.25) is 0 Å². The molecule has 0 aliphatic carbocycles. The Bertz CT molecular complexity index is 324. The molecule has 0 heterocycles. The SMILES string of the molecule is CCCCCCNCCOc1c(Br)cccc1Br. The van der Waals surface area contributed by atoms with E-state index in [9.17, 15) is 0 Å².